The molecule has 0 spiro atoms. The Morgan fingerprint density at radius 2 is 2.18 bits per heavy atom. The average Bonchev–Trinajstić information content (AvgIpc) is 2.27. The smallest absolute Gasteiger partial charge is 0.300 e. The number of sulfonamides is 1. The monoisotopic (exact) mass is 254 g/mol. The number of carbonyl (C=O) groups is 1. The summed E-state index contributed by atoms with van der Waals surface area (Å²) in [5.74, 6) is 1.24. The summed E-state index contributed by atoms with van der Waals surface area (Å²) in [5, 5.41) is 7.31. The molecule has 7 heteroatoms. The number of carbonyl (C=O) groups excluding carboxylic acids is 1. The van der Waals surface area contributed by atoms with Crippen LogP contribution in [0.1, 0.15) is 0 Å². The highest BCUT2D eigenvalue weighted by Gasteiger charge is 2.15. The SMILES string of the molecule is C#CC(=O)Nc1ccc(OC)c(S(N)(=O)=O)c1. The Labute approximate surface area is 98.8 Å². The molecule has 1 amide bonds. The fraction of sp³-hybridized carbons (Fsp3) is 0.100. The maximum atomic E-state index is 11.3. The third kappa shape index (κ3) is 3.21. The topological polar surface area (TPSA) is 98.5 Å². The van der Waals surface area contributed by atoms with E-state index in [-0.39, 0.29) is 16.3 Å². The first-order valence-electron chi connectivity index (χ1n) is 4.37. The zero-order valence-electron chi connectivity index (χ0n) is 8.93. The van der Waals surface area contributed by atoms with Crippen LogP contribution >= 0.6 is 0 Å². The first-order valence-corrected chi connectivity index (χ1v) is 5.91. The van der Waals surface area contributed by atoms with Crippen molar-refractivity contribution in [3.05, 3.63) is 18.2 Å². The molecule has 17 heavy (non-hydrogen) atoms. The molecular weight excluding hydrogens is 244 g/mol. The molecule has 0 fully saturated rings. The van der Waals surface area contributed by atoms with Gasteiger partial charge in [0.05, 0.1) is 7.11 Å². The molecule has 1 rings (SSSR count). The van der Waals surface area contributed by atoms with Crippen molar-refractivity contribution in [3.63, 3.8) is 0 Å². The third-order valence-electron chi connectivity index (χ3n) is 1.86. The molecule has 0 saturated carbocycles. The van der Waals surface area contributed by atoms with E-state index in [1.165, 1.54) is 25.3 Å². The minimum atomic E-state index is -3.94. The number of rotatable bonds is 3. The van der Waals surface area contributed by atoms with E-state index < -0.39 is 15.9 Å². The highest BCUT2D eigenvalue weighted by Crippen LogP contribution is 2.25. The lowest BCUT2D eigenvalue weighted by Gasteiger charge is -2.08. The van der Waals surface area contributed by atoms with Gasteiger partial charge >= 0.3 is 0 Å². The molecule has 0 unspecified atom stereocenters. The summed E-state index contributed by atoms with van der Waals surface area (Å²) in [7, 11) is -2.63. The molecular formula is C10H10N2O4S. The van der Waals surface area contributed by atoms with E-state index in [0.717, 1.165) is 0 Å². The van der Waals surface area contributed by atoms with Crippen molar-refractivity contribution in [2.24, 2.45) is 5.14 Å². The quantitative estimate of drug-likeness (QED) is 0.737. The highest BCUT2D eigenvalue weighted by molar-refractivity contribution is 7.89. The summed E-state index contributed by atoms with van der Waals surface area (Å²) in [6.45, 7) is 0. The van der Waals surface area contributed by atoms with Crippen LogP contribution < -0.4 is 15.2 Å². The van der Waals surface area contributed by atoms with E-state index in [4.69, 9.17) is 16.3 Å². The fourth-order valence-corrected chi connectivity index (χ4v) is 1.87. The molecule has 0 bridgehead atoms. The lowest BCUT2D eigenvalue weighted by molar-refractivity contribution is -0.111. The molecule has 0 saturated heterocycles. The van der Waals surface area contributed by atoms with Gasteiger partial charge in [-0.15, -0.1) is 6.42 Å². The van der Waals surface area contributed by atoms with Gasteiger partial charge in [-0.2, -0.15) is 0 Å². The third-order valence-corrected chi connectivity index (χ3v) is 2.79. The number of nitrogens with one attached hydrogen (secondary N) is 1. The molecule has 3 N–H and O–H groups in total. The van der Waals surface area contributed by atoms with Gasteiger partial charge in [0.25, 0.3) is 5.91 Å². The first kappa shape index (κ1) is 13.0. The van der Waals surface area contributed by atoms with Crippen LogP contribution in [0, 0.1) is 12.3 Å². The molecule has 0 aromatic heterocycles. The highest BCUT2D eigenvalue weighted by atomic mass is 32.2. The van der Waals surface area contributed by atoms with Crippen molar-refractivity contribution >= 4 is 21.6 Å². The maximum absolute atomic E-state index is 11.3. The number of nitrogens with two attached hydrogens (primary N) is 1. The van der Waals surface area contributed by atoms with Crippen molar-refractivity contribution in [2.45, 2.75) is 4.90 Å². The van der Waals surface area contributed by atoms with Crippen LogP contribution in [-0.4, -0.2) is 21.4 Å². The Balaban J connectivity index is 3.24. The van der Waals surface area contributed by atoms with E-state index in [1.54, 1.807) is 0 Å². The minimum absolute atomic E-state index is 0.0891. The number of hydrogen-bond acceptors (Lipinski definition) is 4. The van der Waals surface area contributed by atoms with Gasteiger partial charge in [-0.05, 0) is 24.1 Å². The second-order valence-electron chi connectivity index (χ2n) is 3.01. The van der Waals surface area contributed by atoms with Crippen molar-refractivity contribution in [1.82, 2.24) is 0 Å². The molecule has 0 radical (unpaired) electrons. The van der Waals surface area contributed by atoms with Crippen LogP contribution in [0.15, 0.2) is 23.1 Å². The normalized spacial score (nSPS) is 10.4. The molecule has 0 heterocycles. The predicted octanol–water partition coefficient (Wildman–Crippen LogP) is -0.0857. The van der Waals surface area contributed by atoms with Gasteiger partial charge in [-0.25, -0.2) is 13.6 Å². The van der Waals surface area contributed by atoms with Crippen molar-refractivity contribution in [1.29, 1.82) is 0 Å². The van der Waals surface area contributed by atoms with Gasteiger partial charge in [0.1, 0.15) is 10.6 Å². The van der Waals surface area contributed by atoms with Crippen LogP contribution in [0.5, 0.6) is 5.75 Å². The lowest BCUT2D eigenvalue weighted by atomic mass is 10.3. The predicted molar refractivity (Wildman–Crippen MR) is 61.8 cm³/mol. The molecule has 0 atom stereocenters. The van der Waals surface area contributed by atoms with E-state index in [2.05, 4.69) is 5.32 Å². The second-order valence-corrected chi connectivity index (χ2v) is 4.54. The number of benzene rings is 1. The van der Waals surface area contributed by atoms with Gasteiger partial charge in [-0.1, -0.05) is 0 Å². The van der Waals surface area contributed by atoms with Crippen LogP contribution in [0.2, 0.25) is 0 Å². The van der Waals surface area contributed by atoms with Gasteiger partial charge < -0.3 is 10.1 Å². The Kier molecular flexibility index (Phi) is 3.73. The summed E-state index contributed by atoms with van der Waals surface area (Å²) in [5.41, 5.74) is 0.220. The van der Waals surface area contributed by atoms with Crippen LogP contribution in [0.4, 0.5) is 5.69 Å². The molecule has 90 valence electrons. The van der Waals surface area contributed by atoms with Gasteiger partial charge in [0, 0.05) is 5.69 Å². The van der Waals surface area contributed by atoms with Crippen molar-refractivity contribution < 1.29 is 17.9 Å². The van der Waals surface area contributed by atoms with E-state index in [1.807, 2.05) is 5.92 Å². The Morgan fingerprint density at radius 3 is 2.65 bits per heavy atom. The number of ether oxygens (including phenoxy) is 1. The van der Waals surface area contributed by atoms with Gasteiger partial charge in [0.2, 0.25) is 10.0 Å². The molecule has 0 aliphatic heterocycles. The molecule has 0 aliphatic carbocycles. The zero-order valence-corrected chi connectivity index (χ0v) is 9.74. The van der Waals surface area contributed by atoms with Gasteiger partial charge in [-0.3, -0.25) is 4.79 Å². The summed E-state index contributed by atoms with van der Waals surface area (Å²) >= 11 is 0. The van der Waals surface area contributed by atoms with Crippen LogP contribution in [0.3, 0.4) is 0 Å². The second kappa shape index (κ2) is 4.86. The van der Waals surface area contributed by atoms with E-state index >= 15 is 0 Å². The molecule has 6 nitrogen and oxygen atoms in total. The number of amides is 1. The summed E-state index contributed by atoms with van der Waals surface area (Å²) in [6.07, 6.45) is 4.87. The first-order chi connectivity index (χ1) is 7.88. The van der Waals surface area contributed by atoms with Crippen LogP contribution in [-0.2, 0) is 14.8 Å². The Hall–Kier alpha value is -2.04. The molecule has 0 aliphatic rings. The molecule has 1 aromatic carbocycles. The van der Waals surface area contributed by atoms with Crippen molar-refractivity contribution in [3.8, 4) is 18.1 Å². The largest absolute Gasteiger partial charge is 0.495 e. The number of primary sulfonamides is 1. The number of methoxy groups -OCH3 is 1. The minimum Gasteiger partial charge on any atom is -0.495 e. The van der Waals surface area contributed by atoms with E-state index in [9.17, 15) is 13.2 Å². The summed E-state index contributed by atoms with van der Waals surface area (Å²) in [4.78, 5) is 10.7. The lowest BCUT2D eigenvalue weighted by Crippen LogP contribution is -2.15. The standard InChI is InChI=1S/C10H10N2O4S/c1-3-10(13)12-7-4-5-8(16-2)9(6-7)17(11,14)15/h1,4-6H,2H3,(H,12,13)(H2,11,14,15). The van der Waals surface area contributed by atoms with Crippen LogP contribution in [0.25, 0.3) is 0 Å². The van der Waals surface area contributed by atoms with Gasteiger partial charge in [0.15, 0.2) is 0 Å². The number of terminal acetylenes is 1. The van der Waals surface area contributed by atoms with E-state index in [0.29, 0.717) is 0 Å². The molecule has 1 aromatic rings. The Morgan fingerprint density at radius 1 is 1.53 bits per heavy atom. The average molecular weight is 254 g/mol. The fourth-order valence-electron chi connectivity index (χ4n) is 1.14. The van der Waals surface area contributed by atoms with Crippen molar-refractivity contribution in [2.75, 3.05) is 12.4 Å². The number of hydrogen-bond donors (Lipinski definition) is 2. The Bertz CT molecular complexity index is 587. The maximum Gasteiger partial charge on any atom is 0.300 e. The zero-order chi connectivity index (χ0) is 13.1. The summed E-state index contributed by atoms with van der Waals surface area (Å²) < 4.78 is 27.4. The summed E-state index contributed by atoms with van der Waals surface area (Å²) in [6, 6.07) is 3.98. The number of anilines is 1.